The normalized spacial score (nSPS) is 26.9. The lowest BCUT2D eigenvalue weighted by Crippen LogP contribution is -2.50. The predicted molar refractivity (Wildman–Crippen MR) is 125 cm³/mol. The Morgan fingerprint density at radius 1 is 1.20 bits per heavy atom. The van der Waals surface area contributed by atoms with Crippen LogP contribution >= 0.6 is 0 Å². The number of carbonyl (C=O) groups excluding carboxylic acids is 1. The third-order valence-electron chi connectivity index (χ3n) is 7.88. The van der Waals surface area contributed by atoms with Crippen LogP contribution in [-0.4, -0.2) is 46.7 Å². The molecule has 3 fully saturated rings. The Bertz CT molecular complexity index is 1090. The number of rotatable bonds is 9. The molecular formula is C25H33F2N5O3. The molecule has 10 heteroatoms. The molecule has 2 aromatic rings. The lowest BCUT2D eigenvalue weighted by atomic mass is 9.84. The summed E-state index contributed by atoms with van der Waals surface area (Å²) in [4.78, 5) is 18.7. The van der Waals surface area contributed by atoms with Gasteiger partial charge in [-0.1, -0.05) is 19.0 Å². The van der Waals surface area contributed by atoms with Gasteiger partial charge in [-0.3, -0.25) is 4.79 Å². The molecule has 8 nitrogen and oxygen atoms in total. The van der Waals surface area contributed by atoms with Crippen molar-refractivity contribution in [2.75, 3.05) is 24.6 Å². The molecule has 1 aromatic heterocycles. The first kappa shape index (κ1) is 24.1. The smallest absolute Gasteiger partial charge is 0.324 e. The van der Waals surface area contributed by atoms with Gasteiger partial charge in [0.15, 0.2) is 11.6 Å². The Morgan fingerprint density at radius 2 is 1.86 bits per heavy atom. The molecule has 0 bridgehead atoms. The van der Waals surface area contributed by atoms with Gasteiger partial charge >= 0.3 is 6.01 Å². The number of Topliss-reactive ketones (excluding diaryl/α,β-unsaturated/α-hetero) is 1. The number of ketones is 1. The van der Waals surface area contributed by atoms with E-state index in [0.29, 0.717) is 37.5 Å². The van der Waals surface area contributed by atoms with Crippen molar-refractivity contribution in [1.82, 2.24) is 10.1 Å². The van der Waals surface area contributed by atoms with Crippen molar-refractivity contribution >= 4 is 11.8 Å². The lowest BCUT2D eigenvalue weighted by molar-refractivity contribution is 0.0959. The zero-order chi connectivity index (χ0) is 25.0. The topological polar surface area (TPSA) is 121 Å². The van der Waals surface area contributed by atoms with Crippen molar-refractivity contribution in [3.63, 3.8) is 0 Å². The molecule has 0 unspecified atom stereocenters. The van der Waals surface area contributed by atoms with E-state index in [-0.39, 0.29) is 30.1 Å². The Hall–Kier alpha value is -2.59. The van der Waals surface area contributed by atoms with E-state index >= 15 is 0 Å². The van der Waals surface area contributed by atoms with E-state index in [0.717, 1.165) is 38.1 Å². The summed E-state index contributed by atoms with van der Waals surface area (Å²) in [6.07, 6.45) is 4.24. The SMILES string of the molecule is CC(C)c1noc(N2CCC([C@@]3(N)C[C@@]3(N)CCOc3cc(F)c(C(=O)C4CC4)c(F)c3)CC2)n1. The number of aromatic nitrogens is 2. The second-order valence-corrected chi connectivity index (χ2v) is 10.7. The minimum absolute atomic E-state index is 0.0489. The summed E-state index contributed by atoms with van der Waals surface area (Å²) in [6.45, 7) is 5.76. The largest absolute Gasteiger partial charge is 0.493 e. The molecule has 4 N–H and O–H groups in total. The molecule has 1 aliphatic heterocycles. The molecule has 2 heterocycles. The Kier molecular flexibility index (Phi) is 6.07. The zero-order valence-corrected chi connectivity index (χ0v) is 20.2. The highest BCUT2D eigenvalue weighted by Gasteiger charge is 2.65. The van der Waals surface area contributed by atoms with E-state index in [2.05, 4.69) is 15.0 Å². The summed E-state index contributed by atoms with van der Waals surface area (Å²) in [6, 6.07) is 2.69. The van der Waals surface area contributed by atoms with Crippen LogP contribution in [0, 0.1) is 23.5 Å². The second kappa shape index (κ2) is 8.81. The molecule has 35 heavy (non-hydrogen) atoms. The highest BCUT2D eigenvalue weighted by molar-refractivity contribution is 5.99. The molecule has 0 spiro atoms. The maximum absolute atomic E-state index is 14.4. The molecule has 1 aromatic carbocycles. The molecule has 0 radical (unpaired) electrons. The number of halogens is 2. The van der Waals surface area contributed by atoms with Gasteiger partial charge in [0.05, 0.1) is 12.2 Å². The molecule has 0 amide bonds. The van der Waals surface area contributed by atoms with Crippen LogP contribution in [0.25, 0.3) is 0 Å². The maximum atomic E-state index is 14.4. The molecule has 5 rings (SSSR count). The van der Waals surface area contributed by atoms with Crippen molar-refractivity contribution in [2.24, 2.45) is 23.3 Å². The van der Waals surface area contributed by atoms with Gasteiger partial charge in [-0.25, -0.2) is 8.78 Å². The van der Waals surface area contributed by atoms with Crippen LogP contribution in [0.5, 0.6) is 5.75 Å². The highest BCUT2D eigenvalue weighted by atomic mass is 19.1. The summed E-state index contributed by atoms with van der Waals surface area (Å²) in [5.74, 6) is -1.29. The summed E-state index contributed by atoms with van der Waals surface area (Å²) >= 11 is 0. The Labute approximate surface area is 203 Å². The van der Waals surface area contributed by atoms with Crippen molar-refractivity contribution < 1.29 is 22.8 Å². The van der Waals surface area contributed by atoms with Gasteiger partial charge in [0, 0.05) is 54.6 Å². The number of carbonyl (C=O) groups is 1. The van der Waals surface area contributed by atoms with E-state index in [1.165, 1.54) is 0 Å². The van der Waals surface area contributed by atoms with Gasteiger partial charge in [-0.2, -0.15) is 4.98 Å². The number of ether oxygens (including phenoxy) is 1. The number of hydrogen-bond donors (Lipinski definition) is 2. The zero-order valence-electron chi connectivity index (χ0n) is 20.2. The monoisotopic (exact) mass is 489 g/mol. The molecule has 3 aliphatic rings. The molecule has 1 saturated heterocycles. The molecule has 2 atom stereocenters. The van der Waals surface area contributed by atoms with Crippen LogP contribution < -0.4 is 21.1 Å². The highest BCUT2D eigenvalue weighted by Crippen LogP contribution is 2.53. The van der Waals surface area contributed by atoms with E-state index in [4.69, 9.17) is 20.7 Å². The van der Waals surface area contributed by atoms with Crippen LogP contribution in [0.4, 0.5) is 14.8 Å². The van der Waals surface area contributed by atoms with Gasteiger partial charge in [0.1, 0.15) is 17.4 Å². The molecule has 2 aliphatic carbocycles. The van der Waals surface area contributed by atoms with Gasteiger partial charge in [-0.05, 0) is 38.0 Å². The maximum Gasteiger partial charge on any atom is 0.324 e. The van der Waals surface area contributed by atoms with Crippen molar-refractivity contribution in [1.29, 1.82) is 0 Å². The molecular weight excluding hydrogens is 456 g/mol. The van der Waals surface area contributed by atoms with Crippen LogP contribution in [0.2, 0.25) is 0 Å². The van der Waals surface area contributed by atoms with Crippen LogP contribution in [0.3, 0.4) is 0 Å². The third kappa shape index (κ3) is 4.53. The van der Waals surface area contributed by atoms with Crippen LogP contribution in [-0.2, 0) is 0 Å². The number of piperidine rings is 1. The first-order valence-electron chi connectivity index (χ1n) is 12.4. The number of benzene rings is 1. The third-order valence-corrected chi connectivity index (χ3v) is 7.88. The quantitative estimate of drug-likeness (QED) is 0.513. The van der Waals surface area contributed by atoms with Crippen molar-refractivity contribution in [3.05, 3.63) is 35.2 Å². The van der Waals surface area contributed by atoms with Crippen molar-refractivity contribution in [3.8, 4) is 5.75 Å². The average Bonchev–Trinajstić information content (AvgIpc) is 3.68. The number of anilines is 1. The first-order valence-corrected chi connectivity index (χ1v) is 12.4. The van der Waals surface area contributed by atoms with Gasteiger partial charge in [-0.15, -0.1) is 0 Å². The van der Waals surface area contributed by atoms with Crippen molar-refractivity contribution in [2.45, 2.75) is 69.4 Å². The summed E-state index contributed by atoms with van der Waals surface area (Å²) in [5, 5.41) is 4.04. The minimum Gasteiger partial charge on any atom is -0.493 e. The number of nitrogens with zero attached hydrogens (tertiary/aromatic N) is 3. The summed E-state index contributed by atoms with van der Waals surface area (Å²) < 4.78 is 39.8. The Balaban J connectivity index is 1.13. The molecule has 190 valence electrons. The number of nitrogens with two attached hydrogens (primary N) is 2. The molecule has 2 saturated carbocycles. The first-order chi connectivity index (χ1) is 16.6. The van der Waals surface area contributed by atoms with Crippen LogP contribution in [0.15, 0.2) is 16.7 Å². The average molecular weight is 490 g/mol. The number of hydrogen-bond acceptors (Lipinski definition) is 8. The fourth-order valence-corrected chi connectivity index (χ4v) is 5.29. The standard InChI is InChI=1S/C25H33F2N5O3/c1-14(2)22-30-23(35-31-22)32-8-5-16(6-9-32)25(29)13-24(25,28)7-10-34-17-11-18(26)20(19(27)12-17)21(33)15-3-4-15/h11-12,14-16H,3-10,13,28-29H2,1-2H3/t24-,25-/m0/s1. The van der Waals surface area contributed by atoms with E-state index in [1.54, 1.807) is 0 Å². The predicted octanol–water partition coefficient (Wildman–Crippen LogP) is 3.55. The fraction of sp³-hybridized carbons (Fsp3) is 0.640. The van der Waals surface area contributed by atoms with Gasteiger partial charge in [0.25, 0.3) is 0 Å². The van der Waals surface area contributed by atoms with Crippen LogP contribution in [0.1, 0.15) is 74.5 Å². The summed E-state index contributed by atoms with van der Waals surface area (Å²) in [7, 11) is 0. The van der Waals surface area contributed by atoms with E-state index in [1.807, 2.05) is 13.8 Å². The fourth-order valence-electron chi connectivity index (χ4n) is 5.29. The van der Waals surface area contributed by atoms with E-state index < -0.39 is 34.1 Å². The van der Waals surface area contributed by atoms with E-state index in [9.17, 15) is 13.6 Å². The Morgan fingerprint density at radius 3 is 2.43 bits per heavy atom. The minimum atomic E-state index is -0.882. The van der Waals surface area contributed by atoms with Gasteiger partial charge in [0.2, 0.25) is 0 Å². The van der Waals surface area contributed by atoms with Gasteiger partial charge < -0.3 is 25.6 Å². The second-order valence-electron chi connectivity index (χ2n) is 10.7. The summed E-state index contributed by atoms with van der Waals surface area (Å²) in [5.41, 5.74) is 11.8. The lowest BCUT2D eigenvalue weighted by Gasteiger charge is -2.35.